The highest BCUT2D eigenvalue weighted by Gasteiger charge is 2.20. The number of rotatable bonds is 5. The van der Waals surface area contributed by atoms with Gasteiger partial charge in [-0.3, -0.25) is 0 Å². The Labute approximate surface area is 110 Å². The molecule has 0 fully saturated rings. The van der Waals surface area contributed by atoms with Crippen LogP contribution >= 0.6 is 0 Å². The van der Waals surface area contributed by atoms with Crippen molar-refractivity contribution in [3.05, 3.63) is 29.3 Å². The first-order chi connectivity index (χ1) is 8.40. The predicted molar refractivity (Wildman–Crippen MR) is 75.2 cm³/mol. The average Bonchev–Trinajstić information content (AvgIpc) is 2.34. The van der Waals surface area contributed by atoms with Crippen molar-refractivity contribution >= 4 is 0 Å². The number of aliphatic hydroxyl groups excluding tert-OH is 1. The SMILES string of the molecule is CCNCC(O)c1ccc(OC)c(C(C)(C)C)c1. The van der Waals surface area contributed by atoms with Gasteiger partial charge in [0.25, 0.3) is 0 Å². The Kier molecular flexibility index (Phi) is 5.17. The number of methoxy groups -OCH3 is 1. The fourth-order valence-corrected chi connectivity index (χ4v) is 1.92. The Balaban J connectivity index is 3.03. The summed E-state index contributed by atoms with van der Waals surface area (Å²) >= 11 is 0. The van der Waals surface area contributed by atoms with Gasteiger partial charge >= 0.3 is 0 Å². The molecule has 2 N–H and O–H groups in total. The minimum absolute atomic E-state index is 0.000736. The molecule has 1 aromatic rings. The lowest BCUT2D eigenvalue weighted by Crippen LogP contribution is -2.21. The van der Waals surface area contributed by atoms with Crippen molar-refractivity contribution in [2.75, 3.05) is 20.2 Å². The van der Waals surface area contributed by atoms with Gasteiger partial charge in [-0.05, 0) is 35.2 Å². The molecule has 102 valence electrons. The van der Waals surface area contributed by atoms with Crippen molar-refractivity contribution < 1.29 is 9.84 Å². The van der Waals surface area contributed by atoms with E-state index >= 15 is 0 Å². The van der Waals surface area contributed by atoms with Crippen molar-refractivity contribution in [2.24, 2.45) is 0 Å². The zero-order chi connectivity index (χ0) is 13.8. The largest absolute Gasteiger partial charge is 0.496 e. The fraction of sp³-hybridized carbons (Fsp3) is 0.600. The summed E-state index contributed by atoms with van der Waals surface area (Å²) in [5.41, 5.74) is 2.05. The van der Waals surface area contributed by atoms with Crippen LogP contribution in [-0.2, 0) is 5.41 Å². The predicted octanol–water partition coefficient (Wildman–Crippen LogP) is 2.64. The molecule has 0 heterocycles. The number of aliphatic hydroxyl groups is 1. The standard InChI is InChI=1S/C15H25NO2/c1-6-16-10-13(17)11-7-8-14(18-5)12(9-11)15(2,3)4/h7-9,13,16-17H,6,10H2,1-5H3. The van der Waals surface area contributed by atoms with E-state index in [0.29, 0.717) is 6.54 Å². The molecule has 3 heteroatoms. The monoisotopic (exact) mass is 251 g/mol. The summed E-state index contributed by atoms with van der Waals surface area (Å²) in [4.78, 5) is 0. The first-order valence-corrected chi connectivity index (χ1v) is 6.47. The van der Waals surface area contributed by atoms with Crippen LogP contribution in [0, 0.1) is 0 Å². The normalized spacial score (nSPS) is 13.4. The van der Waals surface area contributed by atoms with Crippen LogP contribution in [0.15, 0.2) is 18.2 Å². The minimum Gasteiger partial charge on any atom is -0.496 e. The summed E-state index contributed by atoms with van der Waals surface area (Å²) in [6.07, 6.45) is -0.475. The Bertz CT molecular complexity index is 383. The molecule has 1 atom stereocenters. The highest BCUT2D eigenvalue weighted by molar-refractivity contribution is 5.42. The molecule has 0 amide bonds. The lowest BCUT2D eigenvalue weighted by atomic mass is 9.85. The van der Waals surface area contributed by atoms with Crippen LogP contribution in [-0.4, -0.2) is 25.3 Å². The molecular weight excluding hydrogens is 226 g/mol. The molecule has 0 aliphatic carbocycles. The van der Waals surface area contributed by atoms with Gasteiger partial charge in [0.15, 0.2) is 0 Å². The van der Waals surface area contributed by atoms with Crippen molar-refractivity contribution in [2.45, 2.75) is 39.2 Å². The van der Waals surface area contributed by atoms with Crippen molar-refractivity contribution in [3.63, 3.8) is 0 Å². The number of hydrogen-bond donors (Lipinski definition) is 2. The quantitative estimate of drug-likeness (QED) is 0.845. The Morgan fingerprint density at radius 1 is 1.33 bits per heavy atom. The van der Waals surface area contributed by atoms with Crippen LogP contribution in [0.2, 0.25) is 0 Å². The Hall–Kier alpha value is -1.06. The third-order valence-corrected chi connectivity index (χ3v) is 3.00. The van der Waals surface area contributed by atoms with Gasteiger partial charge in [-0.15, -0.1) is 0 Å². The van der Waals surface area contributed by atoms with Crippen molar-refractivity contribution in [3.8, 4) is 5.75 Å². The molecule has 18 heavy (non-hydrogen) atoms. The molecule has 1 rings (SSSR count). The number of benzene rings is 1. The first-order valence-electron chi connectivity index (χ1n) is 6.47. The summed E-state index contributed by atoms with van der Waals surface area (Å²) in [7, 11) is 1.68. The molecule has 0 spiro atoms. The molecular formula is C15H25NO2. The molecule has 0 aliphatic rings. The van der Waals surface area contributed by atoms with E-state index in [1.165, 1.54) is 0 Å². The van der Waals surface area contributed by atoms with E-state index in [1.54, 1.807) is 7.11 Å². The second-order valence-electron chi connectivity index (χ2n) is 5.53. The first kappa shape index (κ1) is 15.0. The minimum atomic E-state index is -0.475. The van der Waals surface area contributed by atoms with E-state index in [1.807, 2.05) is 25.1 Å². The molecule has 0 aliphatic heterocycles. The molecule has 0 saturated carbocycles. The number of ether oxygens (including phenoxy) is 1. The third-order valence-electron chi connectivity index (χ3n) is 3.00. The van der Waals surface area contributed by atoms with E-state index in [4.69, 9.17) is 4.74 Å². The molecule has 1 unspecified atom stereocenters. The second kappa shape index (κ2) is 6.21. The topological polar surface area (TPSA) is 41.5 Å². The van der Waals surface area contributed by atoms with Gasteiger partial charge in [0, 0.05) is 6.54 Å². The van der Waals surface area contributed by atoms with Gasteiger partial charge in [0.1, 0.15) is 5.75 Å². The zero-order valence-electron chi connectivity index (χ0n) is 12.1. The van der Waals surface area contributed by atoms with Crippen LogP contribution in [0.25, 0.3) is 0 Å². The maximum atomic E-state index is 10.1. The Morgan fingerprint density at radius 2 is 2.00 bits per heavy atom. The van der Waals surface area contributed by atoms with Gasteiger partial charge < -0.3 is 15.2 Å². The number of nitrogens with one attached hydrogen (secondary N) is 1. The van der Waals surface area contributed by atoms with Crippen LogP contribution in [0.1, 0.15) is 44.9 Å². The third kappa shape index (κ3) is 3.72. The maximum absolute atomic E-state index is 10.1. The molecule has 0 saturated heterocycles. The average molecular weight is 251 g/mol. The van der Waals surface area contributed by atoms with Gasteiger partial charge in [-0.2, -0.15) is 0 Å². The van der Waals surface area contributed by atoms with E-state index in [9.17, 15) is 5.11 Å². The van der Waals surface area contributed by atoms with Crippen LogP contribution < -0.4 is 10.1 Å². The van der Waals surface area contributed by atoms with Crippen LogP contribution in [0.3, 0.4) is 0 Å². The highest BCUT2D eigenvalue weighted by Crippen LogP contribution is 2.33. The fourth-order valence-electron chi connectivity index (χ4n) is 1.92. The number of likely N-dealkylation sites (N-methyl/N-ethyl adjacent to an activating group) is 1. The molecule has 0 bridgehead atoms. The van der Waals surface area contributed by atoms with Crippen LogP contribution in [0.5, 0.6) is 5.75 Å². The van der Waals surface area contributed by atoms with E-state index in [0.717, 1.165) is 23.4 Å². The van der Waals surface area contributed by atoms with E-state index in [-0.39, 0.29) is 5.41 Å². The second-order valence-corrected chi connectivity index (χ2v) is 5.53. The summed E-state index contributed by atoms with van der Waals surface area (Å²) in [5, 5.41) is 13.3. The summed E-state index contributed by atoms with van der Waals surface area (Å²) < 4.78 is 5.39. The zero-order valence-corrected chi connectivity index (χ0v) is 12.1. The van der Waals surface area contributed by atoms with Crippen molar-refractivity contribution in [1.29, 1.82) is 0 Å². The Morgan fingerprint density at radius 3 is 2.50 bits per heavy atom. The smallest absolute Gasteiger partial charge is 0.122 e. The molecule has 0 radical (unpaired) electrons. The molecule has 0 aromatic heterocycles. The summed E-state index contributed by atoms with van der Waals surface area (Å²) in [5.74, 6) is 0.877. The van der Waals surface area contributed by atoms with E-state index < -0.39 is 6.10 Å². The van der Waals surface area contributed by atoms with Gasteiger partial charge in [0.05, 0.1) is 13.2 Å². The van der Waals surface area contributed by atoms with Crippen LogP contribution in [0.4, 0.5) is 0 Å². The summed E-state index contributed by atoms with van der Waals surface area (Å²) in [6, 6.07) is 5.90. The van der Waals surface area contributed by atoms with Gasteiger partial charge in [-0.1, -0.05) is 33.8 Å². The number of hydrogen-bond acceptors (Lipinski definition) is 3. The highest BCUT2D eigenvalue weighted by atomic mass is 16.5. The lowest BCUT2D eigenvalue weighted by molar-refractivity contribution is 0.175. The molecule has 1 aromatic carbocycles. The van der Waals surface area contributed by atoms with Gasteiger partial charge in [-0.25, -0.2) is 0 Å². The summed E-state index contributed by atoms with van der Waals surface area (Å²) in [6.45, 7) is 9.90. The van der Waals surface area contributed by atoms with Crippen molar-refractivity contribution in [1.82, 2.24) is 5.32 Å². The van der Waals surface area contributed by atoms with E-state index in [2.05, 4.69) is 26.1 Å². The van der Waals surface area contributed by atoms with Gasteiger partial charge in [0.2, 0.25) is 0 Å². The molecule has 3 nitrogen and oxygen atoms in total. The maximum Gasteiger partial charge on any atom is 0.122 e. The lowest BCUT2D eigenvalue weighted by Gasteiger charge is -2.24.